The number of furan rings is 2. The molecule has 4 aromatic heterocycles. The molecule has 3 aromatic carbocycles. The van der Waals surface area contributed by atoms with Crippen molar-refractivity contribution in [2.24, 2.45) is 29.1 Å². The van der Waals surface area contributed by atoms with E-state index >= 15 is 0 Å². The number of pyridine rings is 2. The topological polar surface area (TPSA) is 55.3 Å². The molecule has 1 spiro atoms. The van der Waals surface area contributed by atoms with Gasteiger partial charge in [-0.15, -0.1) is 0 Å². The van der Waals surface area contributed by atoms with Crippen LogP contribution in [0.15, 0.2) is 106 Å². The summed E-state index contributed by atoms with van der Waals surface area (Å²) in [6.45, 7) is 0. The molecule has 4 unspecified atom stereocenters. The number of fused-ring (bicyclic) bond motifs is 6. The molecule has 4 heterocycles. The Morgan fingerprint density at radius 1 is 0.595 bits per heavy atom. The largest absolute Gasteiger partial charge is 0.454 e. The molecule has 4 aliphatic carbocycles. The second kappa shape index (κ2) is 7.40. The number of anilines is 3. The lowest BCUT2D eigenvalue weighted by molar-refractivity contribution is -0.390. The first-order valence-electron chi connectivity index (χ1n) is 15.2. The Bertz CT molecular complexity index is 2110. The molecule has 5 nitrogen and oxygen atoms in total. The molecule has 0 bridgehead atoms. The van der Waals surface area contributed by atoms with Crippen LogP contribution in [0.5, 0.6) is 0 Å². The van der Waals surface area contributed by atoms with E-state index in [9.17, 15) is 0 Å². The SMILES string of the molecule is c1ccc2c(c1)oc1cc(N(c3ccc(C4C5CC6CC7CC4C675)cc3)c3cnc4c(c3)oc3ccccc34)cnc12. The third-order valence-electron chi connectivity index (χ3n) is 11.7. The van der Waals surface area contributed by atoms with E-state index in [2.05, 4.69) is 53.4 Å². The molecule has 0 N–H and O–H groups in total. The van der Waals surface area contributed by atoms with Crippen LogP contribution in [0.25, 0.3) is 44.1 Å². The van der Waals surface area contributed by atoms with Gasteiger partial charge in [0.15, 0.2) is 11.2 Å². The van der Waals surface area contributed by atoms with Crippen LogP contribution < -0.4 is 4.90 Å². The second-order valence-corrected chi connectivity index (χ2v) is 13.0. The van der Waals surface area contributed by atoms with Crippen molar-refractivity contribution < 1.29 is 8.83 Å². The van der Waals surface area contributed by atoms with Crippen molar-refractivity contribution in [2.45, 2.75) is 25.2 Å². The first kappa shape index (κ1) is 22.0. The Morgan fingerprint density at radius 3 is 1.69 bits per heavy atom. The second-order valence-electron chi connectivity index (χ2n) is 13.0. The highest BCUT2D eigenvalue weighted by atomic mass is 16.3. The van der Waals surface area contributed by atoms with E-state index in [4.69, 9.17) is 18.8 Å². The predicted octanol–water partition coefficient (Wildman–Crippen LogP) is 9.50. The molecule has 0 saturated heterocycles. The Labute approximate surface area is 241 Å². The van der Waals surface area contributed by atoms with Gasteiger partial charge in [0.25, 0.3) is 0 Å². The summed E-state index contributed by atoms with van der Waals surface area (Å²) < 4.78 is 12.5. The highest BCUT2D eigenvalue weighted by molar-refractivity contribution is 6.04. The molecule has 0 aliphatic heterocycles. The van der Waals surface area contributed by atoms with Gasteiger partial charge in [0.05, 0.1) is 23.8 Å². The zero-order chi connectivity index (χ0) is 27.2. The minimum absolute atomic E-state index is 0.752. The fourth-order valence-electron chi connectivity index (χ4n) is 9.96. The van der Waals surface area contributed by atoms with Crippen molar-refractivity contribution in [3.8, 4) is 0 Å². The van der Waals surface area contributed by atoms with Gasteiger partial charge >= 0.3 is 0 Å². The summed E-state index contributed by atoms with van der Waals surface area (Å²) in [6.07, 6.45) is 8.31. The molecule has 7 aromatic rings. The lowest BCUT2D eigenvalue weighted by Crippen LogP contribution is -2.82. The van der Waals surface area contributed by atoms with Crippen LogP contribution in [-0.4, -0.2) is 9.97 Å². The molecule has 4 aliphatic rings. The number of hydrogen-bond donors (Lipinski definition) is 0. The molecule has 0 amide bonds. The number of para-hydroxylation sites is 2. The fourth-order valence-corrected chi connectivity index (χ4v) is 9.96. The molecule has 0 radical (unpaired) electrons. The molecule has 5 heteroatoms. The summed E-state index contributed by atoms with van der Waals surface area (Å²) in [5, 5.41) is 2.06. The van der Waals surface area contributed by atoms with Crippen molar-refractivity contribution in [1.82, 2.24) is 9.97 Å². The van der Waals surface area contributed by atoms with Gasteiger partial charge in [-0.2, -0.15) is 0 Å². The summed E-state index contributed by atoms with van der Waals surface area (Å²) in [5.41, 5.74) is 10.2. The van der Waals surface area contributed by atoms with Gasteiger partial charge in [-0.25, -0.2) is 9.97 Å². The lowest BCUT2D eigenvalue weighted by Gasteiger charge is -2.89. The van der Waals surface area contributed by atoms with Gasteiger partial charge in [0.2, 0.25) is 0 Å². The van der Waals surface area contributed by atoms with Crippen LogP contribution in [0, 0.1) is 29.1 Å². The zero-order valence-corrected chi connectivity index (χ0v) is 22.9. The standard InChI is InChI=1S/C37H27N3O2/c1-3-7-30-26(5-1)35-32(41-30)16-24(18-38-35)40(25-17-33-36(39-19-25)27-6-2-4-8-31(27)42-33)23-11-9-20(10-12-23)34-28-14-21-13-22-15-29(34)37(21,22)28/h1-12,16-19,21-22,28-29,34H,13-15H2. The van der Waals surface area contributed by atoms with E-state index in [1.54, 1.807) is 0 Å². The number of benzene rings is 3. The van der Waals surface area contributed by atoms with Gasteiger partial charge in [0.1, 0.15) is 22.2 Å². The zero-order valence-electron chi connectivity index (χ0n) is 22.9. The van der Waals surface area contributed by atoms with Gasteiger partial charge in [-0.1, -0.05) is 36.4 Å². The van der Waals surface area contributed by atoms with Gasteiger partial charge in [-0.3, -0.25) is 0 Å². The Morgan fingerprint density at radius 2 is 1.14 bits per heavy atom. The molecule has 202 valence electrons. The minimum atomic E-state index is 0.752. The molecule has 4 saturated carbocycles. The smallest absolute Gasteiger partial charge is 0.155 e. The van der Waals surface area contributed by atoms with Crippen molar-refractivity contribution in [2.75, 3.05) is 4.90 Å². The maximum absolute atomic E-state index is 6.24. The van der Waals surface area contributed by atoms with Crippen molar-refractivity contribution in [3.63, 3.8) is 0 Å². The summed E-state index contributed by atoms with van der Waals surface area (Å²) in [5.74, 6) is 4.72. The van der Waals surface area contributed by atoms with E-state index in [0.717, 1.165) is 96.2 Å². The van der Waals surface area contributed by atoms with Crippen LogP contribution in [-0.2, 0) is 0 Å². The quantitative estimate of drug-likeness (QED) is 0.220. The third kappa shape index (κ3) is 2.49. The molecule has 42 heavy (non-hydrogen) atoms. The number of nitrogens with zero attached hydrogens (tertiary/aromatic N) is 3. The Kier molecular flexibility index (Phi) is 3.88. The number of rotatable bonds is 4. The summed E-state index contributed by atoms with van der Waals surface area (Å²) in [4.78, 5) is 12.0. The fraction of sp³-hybridized carbons (Fsp3) is 0.243. The summed E-state index contributed by atoms with van der Waals surface area (Å²) in [6, 6.07) is 29.6. The van der Waals surface area contributed by atoms with E-state index in [1.807, 2.05) is 48.8 Å². The molecular formula is C37H27N3O2. The Hall–Kier alpha value is -4.64. The summed E-state index contributed by atoms with van der Waals surface area (Å²) >= 11 is 0. The lowest BCUT2D eigenvalue weighted by atomic mass is 9.15. The minimum Gasteiger partial charge on any atom is -0.454 e. The first-order chi connectivity index (χ1) is 20.8. The first-order valence-corrected chi connectivity index (χ1v) is 15.2. The van der Waals surface area contributed by atoms with Crippen LogP contribution in [0.1, 0.15) is 30.7 Å². The molecule has 4 atom stereocenters. The third-order valence-corrected chi connectivity index (χ3v) is 11.7. The maximum Gasteiger partial charge on any atom is 0.155 e. The average molecular weight is 546 g/mol. The Balaban J connectivity index is 1.04. The van der Waals surface area contributed by atoms with E-state index in [1.165, 1.54) is 24.8 Å². The highest BCUT2D eigenvalue weighted by Gasteiger charge is 2.84. The van der Waals surface area contributed by atoms with Crippen LogP contribution >= 0.6 is 0 Å². The number of hydrogen-bond acceptors (Lipinski definition) is 5. The average Bonchev–Trinajstić information content (AvgIpc) is 3.54. The maximum atomic E-state index is 6.24. The summed E-state index contributed by atoms with van der Waals surface area (Å²) in [7, 11) is 0. The monoisotopic (exact) mass is 545 g/mol. The van der Waals surface area contributed by atoms with Crippen LogP contribution in [0.3, 0.4) is 0 Å². The van der Waals surface area contributed by atoms with E-state index < -0.39 is 0 Å². The van der Waals surface area contributed by atoms with E-state index in [-0.39, 0.29) is 0 Å². The van der Waals surface area contributed by atoms with Crippen molar-refractivity contribution in [3.05, 3.63) is 103 Å². The molecule has 11 rings (SSSR count). The van der Waals surface area contributed by atoms with Gasteiger partial charge in [0, 0.05) is 28.6 Å². The van der Waals surface area contributed by atoms with Crippen molar-refractivity contribution in [1.29, 1.82) is 0 Å². The van der Waals surface area contributed by atoms with Crippen LogP contribution in [0.4, 0.5) is 17.1 Å². The van der Waals surface area contributed by atoms with Gasteiger partial charge in [-0.05, 0) is 96.2 Å². The number of aromatic nitrogens is 2. The normalized spacial score (nSPS) is 28.5. The van der Waals surface area contributed by atoms with Crippen LogP contribution in [0.2, 0.25) is 0 Å². The predicted molar refractivity (Wildman–Crippen MR) is 164 cm³/mol. The van der Waals surface area contributed by atoms with Crippen molar-refractivity contribution >= 4 is 61.2 Å². The highest BCUT2D eigenvalue weighted by Crippen LogP contribution is 2.91. The van der Waals surface area contributed by atoms with E-state index in [0.29, 0.717) is 0 Å². The van der Waals surface area contributed by atoms with Gasteiger partial charge < -0.3 is 13.7 Å². The molecular weight excluding hydrogens is 518 g/mol. The molecule has 4 fully saturated rings.